The zero-order valence-corrected chi connectivity index (χ0v) is 11.0. The van der Waals surface area contributed by atoms with Gasteiger partial charge in [0, 0.05) is 18.4 Å². The number of rotatable bonds is 4. The van der Waals surface area contributed by atoms with E-state index in [4.69, 9.17) is 4.74 Å². The molecule has 0 N–H and O–H groups in total. The highest BCUT2D eigenvalue weighted by atomic mass is 16.5. The van der Waals surface area contributed by atoms with Gasteiger partial charge in [-0.25, -0.2) is 4.79 Å². The Morgan fingerprint density at radius 2 is 2.32 bits per heavy atom. The van der Waals surface area contributed by atoms with Gasteiger partial charge in [-0.3, -0.25) is 9.78 Å². The molecule has 1 saturated heterocycles. The Balaban J connectivity index is 2.00. The second-order valence-corrected chi connectivity index (χ2v) is 4.50. The van der Waals surface area contributed by atoms with Crippen LogP contribution in [0.15, 0.2) is 24.4 Å². The molecule has 2 rings (SSSR count). The van der Waals surface area contributed by atoms with Gasteiger partial charge >= 0.3 is 5.97 Å². The van der Waals surface area contributed by atoms with Crippen molar-refractivity contribution < 1.29 is 14.3 Å². The van der Waals surface area contributed by atoms with Crippen LogP contribution < -0.4 is 0 Å². The van der Waals surface area contributed by atoms with Crippen LogP contribution in [0.25, 0.3) is 0 Å². The van der Waals surface area contributed by atoms with Gasteiger partial charge in [-0.1, -0.05) is 6.07 Å². The summed E-state index contributed by atoms with van der Waals surface area (Å²) in [6.07, 6.45) is 3.43. The number of likely N-dealkylation sites (tertiary alicyclic amines) is 1. The Labute approximate surface area is 112 Å². The van der Waals surface area contributed by atoms with E-state index >= 15 is 0 Å². The van der Waals surface area contributed by atoms with Gasteiger partial charge in [0.25, 0.3) is 0 Å². The lowest BCUT2D eigenvalue weighted by Gasteiger charge is -2.22. The number of pyridine rings is 1. The normalized spacial score (nSPS) is 18.4. The van der Waals surface area contributed by atoms with Crippen molar-refractivity contribution in [1.82, 2.24) is 9.88 Å². The Kier molecular flexibility index (Phi) is 4.49. The fourth-order valence-electron chi connectivity index (χ4n) is 2.31. The molecule has 0 aliphatic carbocycles. The minimum absolute atomic E-state index is 0.0609. The van der Waals surface area contributed by atoms with Gasteiger partial charge in [-0.05, 0) is 31.9 Å². The van der Waals surface area contributed by atoms with Gasteiger partial charge < -0.3 is 9.64 Å². The molecule has 1 fully saturated rings. The summed E-state index contributed by atoms with van der Waals surface area (Å²) in [5.41, 5.74) is 0.724. The van der Waals surface area contributed by atoms with Crippen LogP contribution in [0.2, 0.25) is 0 Å². The molecule has 0 saturated carbocycles. The molecule has 2 heterocycles. The minimum atomic E-state index is -0.420. The molecule has 0 radical (unpaired) electrons. The molecule has 1 atom stereocenters. The largest absolute Gasteiger partial charge is 0.464 e. The topological polar surface area (TPSA) is 59.5 Å². The zero-order chi connectivity index (χ0) is 13.7. The van der Waals surface area contributed by atoms with E-state index in [1.165, 1.54) is 0 Å². The van der Waals surface area contributed by atoms with Crippen molar-refractivity contribution in [1.29, 1.82) is 0 Å². The lowest BCUT2D eigenvalue weighted by Crippen LogP contribution is -2.42. The molecular formula is C14H18N2O3. The maximum absolute atomic E-state index is 12.2. The van der Waals surface area contributed by atoms with Gasteiger partial charge in [0.15, 0.2) is 0 Å². The maximum atomic E-state index is 12.2. The van der Waals surface area contributed by atoms with E-state index in [1.54, 1.807) is 18.0 Å². The highest BCUT2D eigenvalue weighted by Crippen LogP contribution is 2.19. The summed E-state index contributed by atoms with van der Waals surface area (Å²) in [5.74, 6) is -0.358. The second-order valence-electron chi connectivity index (χ2n) is 4.50. The number of hydrogen-bond acceptors (Lipinski definition) is 4. The van der Waals surface area contributed by atoms with Crippen molar-refractivity contribution in [2.24, 2.45) is 0 Å². The third-order valence-corrected chi connectivity index (χ3v) is 3.19. The number of amides is 1. The van der Waals surface area contributed by atoms with Crippen molar-refractivity contribution in [3.63, 3.8) is 0 Å². The van der Waals surface area contributed by atoms with Crippen LogP contribution in [0.5, 0.6) is 0 Å². The Hall–Kier alpha value is -1.91. The Bertz CT molecular complexity index is 447. The van der Waals surface area contributed by atoms with E-state index in [9.17, 15) is 9.59 Å². The molecule has 1 amide bonds. The first kappa shape index (κ1) is 13.5. The van der Waals surface area contributed by atoms with Crippen LogP contribution in [0.3, 0.4) is 0 Å². The number of carbonyl (C=O) groups excluding carboxylic acids is 2. The van der Waals surface area contributed by atoms with Crippen LogP contribution in [0.1, 0.15) is 25.5 Å². The molecule has 1 aliphatic heterocycles. The second kappa shape index (κ2) is 6.31. The number of hydrogen-bond donors (Lipinski definition) is 0. The number of ether oxygens (including phenoxy) is 1. The molecule has 1 aromatic heterocycles. The van der Waals surface area contributed by atoms with E-state index in [0.29, 0.717) is 19.6 Å². The summed E-state index contributed by atoms with van der Waals surface area (Å²) in [7, 11) is 0. The summed E-state index contributed by atoms with van der Waals surface area (Å²) in [6.45, 7) is 2.74. The summed E-state index contributed by atoms with van der Waals surface area (Å²) >= 11 is 0. The van der Waals surface area contributed by atoms with Crippen molar-refractivity contribution in [3.8, 4) is 0 Å². The van der Waals surface area contributed by atoms with Gasteiger partial charge in [0.2, 0.25) is 5.91 Å². The highest BCUT2D eigenvalue weighted by Gasteiger charge is 2.34. The summed E-state index contributed by atoms with van der Waals surface area (Å²) in [4.78, 5) is 29.7. The lowest BCUT2D eigenvalue weighted by molar-refractivity contribution is -0.152. The first-order chi connectivity index (χ1) is 9.22. The minimum Gasteiger partial charge on any atom is -0.464 e. The number of esters is 1. The molecule has 0 bridgehead atoms. The van der Waals surface area contributed by atoms with Crippen molar-refractivity contribution >= 4 is 11.9 Å². The number of aromatic nitrogens is 1. The lowest BCUT2D eigenvalue weighted by atomic mass is 10.2. The zero-order valence-electron chi connectivity index (χ0n) is 11.0. The smallest absolute Gasteiger partial charge is 0.328 e. The molecule has 1 aliphatic rings. The van der Waals surface area contributed by atoms with Gasteiger partial charge in [0.05, 0.1) is 13.0 Å². The third-order valence-electron chi connectivity index (χ3n) is 3.19. The molecule has 1 aromatic rings. The van der Waals surface area contributed by atoms with Crippen molar-refractivity contribution in [2.45, 2.75) is 32.2 Å². The molecule has 5 heteroatoms. The van der Waals surface area contributed by atoms with E-state index in [0.717, 1.165) is 12.1 Å². The SMILES string of the molecule is CCOC(=O)C1CCCN1C(=O)Cc1ccccn1. The van der Waals surface area contributed by atoms with Crippen molar-refractivity contribution in [3.05, 3.63) is 30.1 Å². The summed E-state index contributed by atoms with van der Waals surface area (Å²) < 4.78 is 5.01. The summed E-state index contributed by atoms with van der Waals surface area (Å²) in [5, 5.41) is 0. The van der Waals surface area contributed by atoms with Crippen LogP contribution in [0, 0.1) is 0 Å². The number of carbonyl (C=O) groups is 2. The molecule has 19 heavy (non-hydrogen) atoms. The monoisotopic (exact) mass is 262 g/mol. The fraction of sp³-hybridized carbons (Fsp3) is 0.500. The van der Waals surface area contributed by atoms with Gasteiger partial charge in [-0.15, -0.1) is 0 Å². The quantitative estimate of drug-likeness (QED) is 0.764. The predicted molar refractivity (Wildman–Crippen MR) is 69.3 cm³/mol. The first-order valence-corrected chi connectivity index (χ1v) is 6.58. The van der Waals surface area contributed by atoms with E-state index in [2.05, 4.69) is 4.98 Å². The average Bonchev–Trinajstić information content (AvgIpc) is 2.89. The fourth-order valence-corrected chi connectivity index (χ4v) is 2.31. The van der Waals surface area contributed by atoms with Crippen LogP contribution in [0.4, 0.5) is 0 Å². The predicted octanol–water partition coefficient (Wildman–Crippen LogP) is 1.18. The van der Waals surface area contributed by atoms with Crippen LogP contribution in [-0.4, -0.2) is 41.0 Å². The standard InChI is InChI=1S/C14H18N2O3/c1-2-19-14(18)12-7-5-9-16(12)13(17)10-11-6-3-4-8-15-11/h3-4,6,8,12H,2,5,7,9-10H2,1H3. The molecule has 1 unspecified atom stereocenters. The molecule has 5 nitrogen and oxygen atoms in total. The Morgan fingerprint density at radius 1 is 1.47 bits per heavy atom. The maximum Gasteiger partial charge on any atom is 0.328 e. The first-order valence-electron chi connectivity index (χ1n) is 6.58. The molecule has 102 valence electrons. The Morgan fingerprint density at radius 3 is 3.00 bits per heavy atom. The molecule has 0 spiro atoms. The van der Waals surface area contributed by atoms with Crippen LogP contribution >= 0.6 is 0 Å². The van der Waals surface area contributed by atoms with E-state index < -0.39 is 6.04 Å². The van der Waals surface area contributed by atoms with Gasteiger partial charge in [-0.2, -0.15) is 0 Å². The van der Waals surface area contributed by atoms with E-state index in [-0.39, 0.29) is 18.3 Å². The third kappa shape index (κ3) is 3.30. The van der Waals surface area contributed by atoms with Gasteiger partial charge in [0.1, 0.15) is 6.04 Å². The average molecular weight is 262 g/mol. The molecule has 0 aromatic carbocycles. The number of nitrogens with zero attached hydrogens (tertiary/aromatic N) is 2. The van der Waals surface area contributed by atoms with E-state index in [1.807, 2.05) is 18.2 Å². The van der Waals surface area contributed by atoms with Crippen LogP contribution in [-0.2, 0) is 20.7 Å². The molecular weight excluding hydrogens is 244 g/mol. The highest BCUT2D eigenvalue weighted by molar-refractivity contribution is 5.86. The van der Waals surface area contributed by atoms with Crippen molar-refractivity contribution in [2.75, 3.05) is 13.2 Å². The summed E-state index contributed by atoms with van der Waals surface area (Å²) in [6, 6.07) is 5.05.